The largest absolute Gasteiger partial charge is 0.462 e. The molecule has 0 spiro atoms. The molecular formula is C40H66N2O13. The maximum Gasteiger partial charge on any atom is 0.229 e. The number of H-pyrrole nitrogens is 1. The van der Waals surface area contributed by atoms with E-state index in [0.717, 1.165) is 48.6 Å². The predicted octanol–water partition coefficient (Wildman–Crippen LogP) is 2.06. The minimum atomic E-state index is -1.68. The number of hydrogen-bond donors (Lipinski definition) is 10. The summed E-state index contributed by atoms with van der Waals surface area (Å²) in [6.07, 6.45) is 4.14. The Hall–Kier alpha value is -2.41. The summed E-state index contributed by atoms with van der Waals surface area (Å²) in [7, 11) is 0. The third-order valence-electron chi connectivity index (χ3n) is 10.7. The smallest absolute Gasteiger partial charge is 0.229 e. The first-order valence-electron chi connectivity index (χ1n) is 20.3. The first-order valence-corrected chi connectivity index (χ1v) is 20.3. The van der Waals surface area contributed by atoms with E-state index in [2.05, 4.69) is 10.3 Å². The van der Waals surface area contributed by atoms with Gasteiger partial charge in [0.2, 0.25) is 12.2 Å². The number of benzene rings is 1. The SMILES string of the molecule is CC(O)CCCCCCCCCCCCCCCC(=O)NCCc1c[nH]c2ccc(O[C@H]3OC(CO[C@H]4OC(CO)[C@@H](O)[C@H](O)C4O)[C@@H](O)[C@H](O)C3O)cc12. The summed E-state index contributed by atoms with van der Waals surface area (Å²) in [5, 5.41) is 84.6. The van der Waals surface area contributed by atoms with Gasteiger partial charge in [-0.2, -0.15) is 0 Å². The molecule has 55 heavy (non-hydrogen) atoms. The number of aliphatic hydroxyl groups is 8. The number of aliphatic hydroxyl groups excluding tert-OH is 8. The molecule has 0 saturated carbocycles. The molecule has 11 atom stereocenters. The van der Waals surface area contributed by atoms with Crippen LogP contribution in [-0.2, 0) is 25.4 Å². The maximum atomic E-state index is 12.5. The lowest BCUT2D eigenvalue weighted by Crippen LogP contribution is -2.62. The molecule has 3 heterocycles. The van der Waals surface area contributed by atoms with Gasteiger partial charge in [0.1, 0.15) is 54.6 Å². The van der Waals surface area contributed by atoms with Crippen molar-refractivity contribution >= 4 is 16.8 Å². The number of aromatic amines is 1. The van der Waals surface area contributed by atoms with Crippen LogP contribution < -0.4 is 10.1 Å². The number of rotatable bonds is 25. The van der Waals surface area contributed by atoms with E-state index in [4.69, 9.17) is 18.9 Å². The number of unbranched alkanes of at least 4 members (excludes halogenated alkanes) is 12. The summed E-state index contributed by atoms with van der Waals surface area (Å²) < 4.78 is 22.5. The van der Waals surface area contributed by atoms with Crippen LogP contribution >= 0.6 is 0 Å². The molecule has 0 bridgehead atoms. The van der Waals surface area contributed by atoms with E-state index in [9.17, 15) is 45.6 Å². The zero-order chi connectivity index (χ0) is 39.7. The Morgan fingerprint density at radius 2 is 1.33 bits per heavy atom. The van der Waals surface area contributed by atoms with E-state index < -0.39 is 74.6 Å². The zero-order valence-corrected chi connectivity index (χ0v) is 32.2. The van der Waals surface area contributed by atoms with Gasteiger partial charge in [0.05, 0.1) is 19.3 Å². The van der Waals surface area contributed by atoms with Gasteiger partial charge in [0, 0.05) is 30.1 Å². The Morgan fingerprint density at radius 1 is 0.764 bits per heavy atom. The van der Waals surface area contributed by atoms with Gasteiger partial charge in [0.15, 0.2) is 6.29 Å². The second kappa shape index (κ2) is 23.7. The van der Waals surface area contributed by atoms with Crippen LogP contribution in [0.2, 0.25) is 0 Å². The molecule has 2 aromatic rings. The molecule has 4 rings (SSSR count). The minimum absolute atomic E-state index is 0.0315. The lowest BCUT2D eigenvalue weighted by molar-refractivity contribution is -0.323. The van der Waals surface area contributed by atoms with Gasteiger partial charge >= 0.3 is 0 Å². The predicted molar refractivity (Wildman–Crippen MR) is 203 cm³/mol. The van der Waals surface area contributed by atoms with Gasteiger partial charge in [-0.3, -0.25) is 4.79 Å². The summed E-state index contributed by atoms with van der Waals surface area (Å²) in [4.78, 5) is 15.7. The number of ether oxygens (including phenoxy) is 4. The summed E-state index contributed by atoms with van der Waals surface area (Å²) in [6, 6.07) is 5.19. The van der Waals surface area contributed by atoms with Crippen molar-refractivity contribution in [1.29, 1.82) is 0 Å². The highest BCUT2D eigenvalue weighted by Gasteiger charge is 2.48. The Balaban J connectivity index is 1.13. The van der Waals surface area contributed by atoms with Crippen LogP contribution in [0.1, 0.15) is 109 Å². The van der Waals surface area contributed by atoms with Gasteiger partial charge in [-0.05, 0) is 49.9 Å². The molecule has 2 fully saturated rings. The highest BCUT2D eigenvalue weighted by molar-refractivity contribution is 5.84. The molecule has 5 unspecified atom stereocenters. The van der Waals surface area contributed by atoms with Gasteiger partial charge in [-0.1, -0.05) is 77.0 Å². The van der Waals surface area contributed by atoms with Crippen molar-refractivity contribution in [3.63, 3.8) is 0 Å². The lowest BCUT2D eigenvalue weighted by Gasteiger charge is -2.42. The van der Waals surface area contributed by atoms with E-state index in [1.807, 2.05) is 13.1 Å². The standard InChI is InChI=1S/C40H66N2O13/c1-25(44)15-13-11-9-7-5-3-2-4-6-8-10-12-14-16-32(45)41-20-19-26-22-42-29-18-17-27(21-28(26)29)53-40-38(51)36(49)34(47)31(55-40)24-52-39-37(50)35(48)33(46)30(23-43)54-39/h17-18,21-22,25,30-31,33-40,42-44,46-51H,2-16,19-20,23-24H2,1H3,(H,41,45)/t25?,30?,31?,33-,34-,35+,36+,37?,38?,39+,40+/m1/s1. The van der Waals surface area contributed by atoms with Crippen molar-refractivity contribution in [2.24, 2.45) is 0 Å². The average molecular weight is 783 g/mol. The third-order valence-corrected chi connectivity index (χ3v) is 10.7. The number of hydrogen-bond acceptors (Lipinski definition) is 13. The summed E-state index contributed by atoms with van der Waals surface area (Å²) >= 11 is 0. The Morgan fingerprint density at radius 3 is 1.95 bits per heavy atom. The third kappa shape index (κ3) is 14.2. The normalized spacial score (nSPS) is 29.0. The molecule has 1 amide bonds. The van der Waals surface area contributed by atoms with Crippen molar-refractivity contribution < 1.29 is 64.6 Å². The zero-order valence-electron chi connectivity index (χ0n) is 32.2. The summed E-state index contributed by atoms with van der Waals surface area (Å²) in [5.74, 6) is 0.346. The second-order valence-corrected chi connectivity index (χ2v) is 15.3. The molecular weight excluding hydrogens is 716 g/mol. The van der Waals surface area contributed by atoms with Crippen molar-refractivity contribution in [3.05, 3.63) is 30.0 Å². The van der Waals surface area contributed by atoms with E-state index >= 15 is 0 Å². The molecule has 10 N–H and O–H groups in total. The van der Waals surface area contributed by atoms with E-state index in [-0.39, 0.29) is 12.0 Å². The van der Waals surface area contributed by atoms with E-state index in [1.54, 1.807) is 18.2 Å². The fraction of sp³-hybridized carbons (Fsp3) is 0.775. The first kappa shape index (κ1) is 45.3. The Bertz CT molecular complexity index is 1380. The van der Waals surface area contributed by atoms with E-state index in [1.165, 1.54) is 57.8 Å². The molecule has 15 heteroatoms. The molecule has 0 aliphatic carbocycles. The Kier molecular flexibility index (Phi) is 19.5. The molecule has 0 radical (unpaired) electrons. The Labute approximate surface area is 324 Å². The number of aromatic nitrogens is 1. The summed E-state index contributed by atoms with van der Waals surface area (Å²) in [5.41, 5.74) is 1.78. The van der Waals surface area contributed by atoms with Crippen LogP contribution in [0.4, 0.5) is 0 Å². The fourth-order valence-electron chi connectivity index (χ4n) is 7.21. The highest BCUT2D eigenvalue weighted by atomic mass is 16.7. The first-order chi connectivity index (χ1) is 26.5. The molecule has 2 aliphatic heterocycles. The van der Waals surface area contributed by atoms with Crippen LogP contribution in [0.3, 0.4) is 0 Å². The van der Waals surface area contributed by atoms with Gasteiger partial charge in [0.25, 0.3) is 0 Å². The van der Waals surface area contributed by atoms with Gasteiger partial charge in [-0.25, -0.2) is 0 Å². The molecule has 15 nitrogen and oxygen atoms in total. The minimum Gasteiger partial charge on any atom is -0.462 e. The lowest BCUT2D eigenvalue weighted by atomic mass is 9.98. The number of amides is 1. The number of carbonyl (C=O) groups is 1. The van der Waals surface area contributed by atoms with Crippen molar-refractivity contribution in [3.8, 4) is 5.75 Å². The van der Waals surface area contributed by atoms with Crippen molar-refractivity contribution in [2.75, 3.05) is 19.8 Å². The van der Waals surface area contributed by atoms with Crippen LogP contribution in [0.25, 0.3) is 10.9 Å². The van der Waals surface area contributed by atoms with E-state index in [0.29, 0.717) is 25.1 Å². The average Bonchev–Trinajstić information content (AvgIpc) is 3.57. The summed E-state index contributed by atoms with van der Waals surface area (Å²) in [6.45, 7) is 1.21. The topological polar surface area (TPSA) is 244 Å². The van der Waals surface area contributed by atoms with Crippen molar-refractivity contribution in [2.45, 2.75) is 177 Å². The quantitative estimate of drug-likeness (QED) is 0.0650. The molecule has 1 aromatic carbocycles. The highest BCUT2D eigenvalue weighted by Crippen LogP contribution is 2.30. The maximum absolute atomic E-state index is 12.5. The number of carbonyl (C=O) groups excluding carboxylic acids is 1. The van der Waals surface area contributed by atoms with Crippen LogP contribution in [0, 0.1) is 0 Å². The number of fused-ring (bicyclic) bond motifs is 1. The van der Waals surface area contributed by atoms with Crippen LogP contribution in [-0.4, -0.2) is 139 Å². The molecule has 1 aromatic heterocycles. The monoisotopic (exact) mass is 782 g/mol. The molecule has 2 saturated heterocycles. The van der Waals surface area contributed by atoms with Crippen molar-refractivity contribution in [1.82, 2.24) is 10.3 Å². The van der Waals surface area contributed by atoms with Gasteiger partial charge in [-0.15, -0.1) is 0 Å². The van der Waals surface area contributed by atoms with Crippen LogP contribution in [0.5, 0.6) is 5.75 Å². The molecule has 314 valence electrons. The number of nitrogens with one attached hydrogen (secondary N) is 2. The molecule has 2 aliphatic rings. The van der Waals surface area contributed by atoms with Crippen LogP contribution in [0.15, 0.2) is 24.4 Å². The fourth-order valence-corrected chi connectivity index (χ4v) is 7.21. The van der Waals surface area contributed by atoms with Gasteiger partial charge < -0.3 is 70.1 Å². The second-order valence-electron chi connectivity index (χ2n) is 15.3.